The Kier molecular flexibility index (Phi) is 10.5. The molecule has 0 bridgehead atoms. The van der Waals surface area contributed by atoms with Gasteiger partial charge in [-0.05, 0) is 50.0 Å². The molecule has 18 heavy (non-hydrogen) atoms. The zero-order chi connectivity index (χ0) is 12.1. The van der Waals surface area contributed by atoms with Crippen LogP contribution in [0, 0.1) is 5.92 Å². The predicted octanol–water partition coefficient (Wildman–Crippen LogP) is 3.93. The number of hydrogen-bond acceptors (Lipinski definition) is 2. The maximum absolute atomic E-state index is 9.51. The van der Waals surface area contributed by atoms with E-state index >= 15 is 0 Å². The molecule has 0 amide bonds. The molecule has 0 aliphatic heterocycles. The minimum atomic E-state index is 0. The van der Waals surface area contributed by atoms with Crippen LogP contribution in [0.5, 0.6) is 5.75 Å². The van der Waals surface area contributed by atoms with Gasteiger partial charge in [0, 0.05) is 6.54 Å². The van der Waals surface area contributed by atoms with E-state index in [1.807, 2.05) is 12.1 Å². The lowest BCUT2D eigenvalue weighted by molar-refractivity contribution is 0.301. The number of phenols is 1. The standard InChI is InChI=1S/C14H23NO.2ClH/c1-5-14(11(2)10-15(3)4)12-7-6-8-13(16)9-12;;/h6-9,11,14,16H,5,10H2,1-4H3;2*1H/t11-,14+;;/m0../s1. The molecule has 0 fully saturated rings. The molecule has 0 aromatic heterocycles. The molecule has 0 heterocycles. The van der Waals surface area contributed by atoms with Gasteiger partial charge in [0.15, 0.2) is 0 Å². The molecule has 1 N–H and O–H groups in total. The van der Waals surface area contributed by atoms with Crippen LogP contribution >= 0.6 is 24.8 Å². The lowest BCUT2D eigenvalue weighted by atomic mass is 9.85. The summed E-state index contributed by atoms with van der Waals surface area (Å²) in [6, 6.07) is 7.66. The van der Waals surface area contributed by atoms with E-state index < -0.39 is 0 Å². The quantitative estimate of drug-likeness (QED) is 0.889. The monoisotopic (exact) mass is 293 g/mol. The third-order valence-corrected chi connectivity index (χ3v) is 3.08. The van der Waals surface area contributed by atoms with Gasteiger partial charge in [-0.2, -0.15) is 0 Å². The van der Waals surface area contributed by atoms with Crippen LogP contribution in [0.3, 0.4) is 0 Å². The number of benzene rings is 1. The van der Waals surface area contributed by atoms with E-state index in [0.29, 0.717) is 17.6 Å². The van der Waals surface area contributed by atoms with Crippen molar-refractivity contribution in [3.8, 4) is 5.75 Å². The van der Waals surface area contributed by atoms with Gasteiger partial charge in [-0.3, -0.25) is 0 Å². The third kappa shape index (κ3) is 5.94. The Morgan fingerprint density at radius 3 is 2.28 bits per heavy atom. The molecule has 0 spiro atoms. The molecule has 1 aromatic rings. The second-order valence-corrected chi connectivity index (χ2v) is 4.85. The number of rotatable bonds is 5. The number of hydrogen-bond donors (Lipinski definition) is 1. The fourth-order valence-electron chi connectivity index (χ4n) is 2.43. The fourth-order valence-corrected chi connectivity index (χ4v) is 2.43. The summed E-state index contributed by atoms with van der Waals surface area (Å²) in [6.07, 6.45) is 1.11. The van der Waals surface area contributed by atoms with Gasteiger partial charge in [-0.1, -0.05) is 26.0 Å². The highest BCUT2D eigenvalue weighted by molar-refractivity contribution is 5.85. The largest absolute Gasteiger partial charge is 0.508 e. The maximum atomic E-state index is 9.51. The highest BCUT2D eigenvalue weighted by atomic mass is 35.5. The molecule has 2 atom stereocenters. The Hall–Kier alpha value is -0.440. The number of phenolic OH excluding ortho intramolecular Hbond substituents is 1. The van der Waals surface area contributed by atoms with E-state index in [0.717, 1.165) is 13.0 Å². The van der Waals surface area contributed by atoms with Crippen molar-refractivity contribution in [1.29, 1.82) is 0 Å². The maximum Gasteiger partial charge on any atom is 0.115 e. The molecule has 106 valence electrons. The summed E-state index contributed by atoms with van der Waals surface area (Å²) < 4.78 is 0. The van der Waals surface area contributed by atoms with Gasteiger partial charge in [0.2, 0.25) is 0 Å². The van der Waals surface area contributed by atoms with Crippen molar-refractivity contribution in [2.75, 3.05) is 20.6 Å². The molecule has 0 aliphatic rings. The van der Waals surface area contributed by atoms with Gasteiger partial charge in [-0.15, -0.1) is 24.8 Å². The summed E-state index contributed by atoms with van der Waals surface area (Å²) in [5, 5.41) is 9.51. The molecule has 1 rings (SSSR count). The summed E-state index contributed by atoms with van der Waals surface area (Å²) in [5.41, 5.74) is 1.25. The minimum absolute atomic E-state index is 0. The first-order valence-corrected chi connectivity index (χ1v) is 5.98. The van der Waals surface area contributed by atoms with Gasteiger partial charge < -0.3 is 10.0 Å². The highest BCUT2D eigenvalue weighted by Crippen LogP contribution is 2.30. The van der Waals surface area contributed by atoms with E-state index in [9.17, 15) is 5.11 Å². The predicted molar refractivity (Wildman–Crippen MR) is 83.4 cm³/mol. The first kappa shape index (κ1) is 19.9. The second-order valence-electron chi connectivity index (χ2n) is 4.85. The van der Waals surface area contributed by atoms with Crippen LogP contribution in [-0.2, 0) is 0 Å². The lowest BCUT2D eigenvalue weighted by Gasteiger charge is -2.26. The molecule has 0 saturated carbocycles. The summed E-state index contributed by atoms with van der Waals surface area (Å²) >= 11 is 0. The zero-order valence-corrected chi connectivity index (χ0v) is 13.2. The average Bonchev–Trinajstić information content (AvgIpc) is 2.17. The summed E-state index contributed by atoms with van der Waals surface area (Å²) in [4.78, 5) is 2.22. The third-order valence-electron chi connectivity index (χ3n) is 3.08. The Morgan fingerprint density at radius 2 is 1.83 bits per heavy atom. The van der Waals surface area contributed by atoms with Gasteiger partial charge in [-0.25, -0.2) is 0 Å². The molecule has 0 unspecified atom stereocenters. The molecule has 4 heteroatoms. The Morgan fingerprint density at radius 1 is 1.22 bits per heavy atom. The molecule has 0 aliphatic carbocycles. The Balaban J connectivity index is 0. The van der Waals surface area contributed by atoms with E-state index in [1.54, 1.807) is 6.07 Å². The van der Waals surface area contributed by atoms with Crippen LogP contribution in [0.15, 0.2) is 24.3 Å². The number of nitrogens with zero attached hydrogens (tertiary/aromatic N) is 1. The van der Waals surface area contributed by atoms with Gasteiger partial charge >= 0.3 is 0 Å². The fraction of sp³-hybridized carbons (Fsp3) is 0.571. The molecular weight excluding hydrogens is 269 g/mol. The first-order chi connectivity index (χ1) is 7.54. The molecular formula is C14H25Cl2NO. The summed E-state index contributed by atoms with van der Waals surface area (Å²) in [6.45, 7) is 5.56. The van der Waals surface area contributed by atoms with Gasteiger partial charge in [0.1, 0.15) is 5.75 Å². The number of halogens is 2. The lowest BCUT2D eigenvalue weighted by Crippen LogP contribution is -2.24. The highest BCUT2D eigenvalue weighted by Gasteiger charge is 2.18. The number of aromatic hydroxyl groups is 1. The van der Waals surface area contributed by atoms with E-state index in [4.69, 9.17) is 0 Å². The Bertz CT molecular complexity index is 331. The van der Waals surface area contributed by atoms with E-state index in [-0.39, 0.29) is 24.8 Å². The van der Waals surface area contributed by atoms with Gasteiger partial charge in [0.05, 0.1) is 0 Å². The molecule has 1 aromatic carbocycles. The minimum Gasteiger partial charge on any atom is -0.508 e. The van der Waals surface area contributed by atoms with Crippen molar-refractivity contribution in [3.63, 3.8) is 0 Å². The average molecular weight is 294 g/mol. The molecule has 0 saturated heterocycles. The van der Waals surface area contributed by atoms with E-state index in [2.05, 4.69) is 38.9 Å². The molecule has 0 radical (unpaired) electrons. The van der Waals surface area contributed by atoms with Crippen molar-refractivity contribution >= 4 is 24.8 Å². The van der Waals surface area contributed by atoms with Crippen molar-refractivity contribution in [3.05, 3.63) is 29.8 Å². The normalized spacial score (nSPS) is 13.4. The summed E-state index contributed by atoms with van der Waals surface area (Å²) in [5.74, 6) is 1.49. The summed E-state index contributed by atoms with van der Waals surface area (Å²) in [7, 11) is 4.21. The zero-order valence-electron chi connectivity index (χ0n) is 11.6. The van der Waals surface area contributed by atoms with Crippen LogP contribution in [0.4, 0.5) is 0 Å². The van der Waals surface area contributed by atoms with Gasteiger partial charge in [0.25, 0.3) is 0 Å². The van der Waals surface area contributed by atoms with E-state index in [1.165, 1.54) is 5.56 Å². The van der Waals surface area contributed by atoms with Crippen LogP contribution in [0.1, 0.15) is 31.7 Å². The van der Waals surface area contributed by atoms with Crippen LogP contribution in [-0.4, -0.2) is 30.6 Å². The topological polar surface area (TPSA) is 23.5 Å². The van der Waals surface area contributed by atoms with Crippen molar-refractivity contribution in [2.45, 2.75) is 26.2 Å². The van der Waals surface area contributed by atoms with Crippen molar-refractivity contribution < 1.29 is 5.11 Å². The molecule has 2 nitrogen and oxygen atoms in total. The Labute approximate surface area is 123 Å². The van der Waals surface area contributed by atoms with Crippen LogP contribution in [0.25, 0.3) is 0 Å². The second kappa shape index (κ2) is 9.48. The van der Waals surface area contributed by atoms with Crippen LogP contribution in [0.2, 0.25) is 0 Å². The van der Waals surface area contributed by atoms with Crippen molar-refractivity contribution in [2.24, 2.45) is 5.92 Å². The van der Waals surface area contributed by atoms with Crippen LogP contribution < -0.4 is 0 Å². The van der Waals surface area contributed by atoms with Crippen molar-refractivity contribution in [1.82, 2.24) is 4.90 Å². The smallest absolute Gasteiger partial charge is 0.115 e. The first-order valence-electron chi connectivity index (χ1n) is 5.98. The SMILES string of the molecule is CC[C@@H](c1cccc(O)c1)[C@@H](C)CN(C)C.Cl.Cl.